The molecule has 42 heavy (non-hydrogen) atoms. The number of ether oxygens (including phenoxy) is 3. The van der Waals surface area contributed by atoms with E-state index in [9.17, 15) is 4.79 Å². The average Bonchev–Trinajstić information content (AvgIpc) is 3.11. The number of hydrogen-bond acceptors (Lipinski definition) is 4. The lowest BCUT2D eigenvalue weighted by molar-refractivity contribution is 0.0734. The molecule has 0 unspecified atom stereocenters. The van der Waals surface area contributed by atoms with Crippen LogP contribution < -0.4 is 14.2 Å². The summed E-state index contributed by atoms with van der Waals surface area (Å²) in [7, 11) is 0. The smallest absolute Gasteiger partial charge is 0.343 e. The van der Waals surface area contributed by atoms with Gasteiger partial charge in [-0.25, -0.2) is 4.79 Å². The van der Waals surface area contributed by atoms with Gasteiger partial charge < -0.3 is 14.2 Å². The molecule has 3 aromatic carbocycles. The maximum Gasteiger partial charge on any atom is 0.343 e. The molecule has 4 heteroatoms. The van der Waals surface area contributed by atoms with Crippen LogP contribution in [-0.4, -0.2) is 18.7 Å². The second kappa shape index (κ2) is 19.6. The predicted octanol–water partition coefficient (Wildman–Crippen LogP) is 11.0. The van der Waals surface area contributed by atoms with Crippen molar-refractivity contribution in [1.29, 1.82) is 0 Å². The third-order valence-corrected chi connectivity index (χ3v) is 6.84. The van der Waals surface area contributed by atoms with Gasteiger partial charge in [0.25, 0.3) is 0 Å². The van der Waals surface area contributed by atoms with Crippen LogP contribution in [0.3, 0.4) is 0 Å². The Morgan fingerprint density at radius 3 is 1.95 bits per heavy atom. The van der Waals surface area contributed by atoms with Crippen LogP contribution in [-0.2, 0) is 0 Å². The normalized spacial score (nSPS) is 14.2. The Morgan fingerprint density at radius 2 is 1.33 bits per heavy atom. The molecular formula is C38H50O4. The maximum atomic E-state index is 13.0. The van der Waals surface area contributed by atoms with Gasteiger partial charge in [-0.2, -0.15) is 0 Å². The lowest BCUT2D eigenvalue weighted by Crippen LogP contribution is -2.11. The lowest BCUT2D eigenvalue weighted by atomic mass is 10.1. The number of unbranched alkanes of at least 4 members (excludes halogenated alkanes) is 10. The van der Waals surface area contributed by atoms with E-state index in [0.29, 0.717) is 18.8 Å². The number of esters is 1. The van der Waals surface area contributed by atoms with E-state index < -0.39 is 71.2 Å². The number of allylic oxidation sites excluding steroid dienone is 1. The van der Waals surface area contributed by atoms with Crippen LogP contribution in [0.1, 0.15) is 119 Å². The van der Waals surface area contributed by atoms with Crippen molar-refractivity contribution >= 4 is 5.97 Å². The minimum Gasteiger partial charge on any atom is -0.494 e. The van der Waals surface area contributed by atoms with Crippen molar-refractivity contribution in [2.75, 3.05) is 6.61 Å². The quantitative estimate of drug-likeness (QED) is 0.0546. The van der Waals surface area contributed by atoms with E-state index in [2.05, 4.69) is 13.5 Å². The van der Waals surface area contributed by atoms with Gasteiger partial charge in [-0.05, 0) is 98.6 Å². The number of benzene rings is 3. The van der Waals surface area contributed by atoms with Gasteiger partial charge in [0.05, 0.1) is 29.2 Å². The number of carbonyl (C=O) groups excluding carboxylic acids is 1. The Balaban J connectivity index is 1.71. The lowest BCUT2D eigenvalue weighted by Gasteiger charge is -2.15. The molecule has 0 saturated heterocycles. The van der Waals surface area contributed by atoms with Gasteiger partial charge in [0.2, 0.25) is 0 Å². The molecule has 0 heterocycles. The van der Waals surface area contributed by atoms with Gasteiger partial charge >= 0.3 is 5.97 Å². The second-order valence-corrected chi connectivity index (χ2v) is 10.5. The topological polar surface area (TPSA) is 44.8 Å². The largest absolute Gasteiger partial charge is 0.494 e. The SMILES string of the molecule is [2H]c1c([2H])c(-c2c([2H])c([2H])c(O[C@H](C)CCCCCC)c([2H])c2[2H])c([2H])c([2H])c1OC(=O)c1ccc(OCCCCCCCCCC=C)cc1. The van der Waals surface area contributed by atoms with Gasteiger partial charge in [0, 0.05) is 0 Å². The van der Waals surface area contributed by atoms with E-state index in [1.165, 1.54) is 37.8 Å². The molecule has 1 atom stereocenters. The van der Waals surface area contributed by atoms with E-state index in [4.69, 9.17) is 25.2 Å². The van der Waals surface area contributed by atoms with Crippen molar-refractivity contribution in [3.63, 3.8) is 0 Å². The first-order chi connectivity index (χ1) is 23.9. The molecule has 0 saturated carbocycles. The van der Waals surface area contributed by atoms with E-state index in [1.54, 1.807) is 19.1 Å². The Kier molecular flexibility index (Phi) is 10.7. The van der Waals surface area contributed by atoms with Crippen molar-refractivity contribution in [3.05, 3.63) is 90.8 Å². The third kappa shape index (κ3) is 12.5. The summed E-state index contributed by atoms with van der Waals surface area (Å²) < 4.78 is 85.6. The number of carbonyl (C=O) groups is 1. The Labute approximate surface area is 265 Å². The highest BCUT2D eigenvalue weighted by Crippen LogP contribution is 2.26. The van der Waals surface area contributed by atoms with E-state index in [1.807, 2.05) is 6.08 Å². The molecule has 0 spiro atoms. The number of rotatable bonds is 21. The van der Waals surface area contributed by atoms with Crippen LogP contribution in [0.4, 0.5) is 0 Å². The third-order valence-electron chi connectivity index (χ3n) is 6.84. The molecule has 0 radical (unpaired) electrons. The highest BCUT2D eigenvalue weighted by Gasteiger charge is 2.10. The standard InChI is InChI=1S/C38H50O4/c1-4-6-8-10-11-12-13-14-16-30-40-35-24-22-34(23-25-35)38(39)42-37-28-20-33(21-29-37)32-18-26-36(27-19-32)41-31(3)17-15-9-7-5-2/h4,18-29,31H,1,5-17,30H2,2-3H3/t31-/m1/s1/i18D,19D,20D,21D,26D,27D,28D,29D. The summed E-state index contributed by atoms with van der Waals surface area (Å²) >= 11 is 0. The molecule has 0 amide bonds. The predicted molar refractivity (Wildman–Crippen MR) is 175 cm³/mol. The van der Waals surface area contributed by atoms with Crippen LogP contribution >= 0.6 is 0 Å². The Morgan fingerprint density at radius 1 is 0.762 bits per heavy atom. The van der Waals surface area contributed by atoms with Crippen molar-refractivity contribution in [1.82, 2.24) is 0 Å². The van der Waals surface area contributed by atoms with Crippen molar-refractivity contribution in [2.24, 2.45) is 0 Å². The summed E-state index contributed by atoms with van der Waals surface area (Å²) in [5.41, 5.74) is -0.710. The van der Waals surface area contributed by atoms with Crippen LogP contribution in [0.15, 0.2) is 85.3 Å². The molecule has 0 bridgehead atoms. The monoisotopic (exact) mass is 578 g/mol. The molecule has 0 N–H and O–H groups in total. The van der Waals surface area contributed by atoms with E-state index in [-0.39, 0.29) is 17.4 Å². The minimum absolute atomic E-state index is 0.115. The molecule has 3 rings (SSSR count). The van der Waals surface area contributed by atoms with Gasteiger partial charge in [-0.3, -0.25) is 0 Å². The molecule has 0 fully saturated rings. The summed E-state index contributed by atoms with van der Waals surface area (Å²) in [6.07, 6.45) is 15.4. The highest BCUT2D eigenvalue weighted by atomic mass is 16.5. The summed E-state index contributed by atoms with van der Waals surface area (Å²) in [5, 5.41) is 0. The highest BCUT2D eigenvalue weighted by molar-refractivity contribution is 5.91. The first kappa shape index (κ1) is 23.0. The van der Waals surface area contributed by atoms with Gasteiger partial charge in [0.1, 0.15) is 17.2 Å². The zero-order valence-electron chi connectivity index (χ0n) is 33.2. The van der Waals surface area contributed by atoms with Crippen LogP contribution in [0.5, 0.6) is 17.2 Å². The molecule has 0 aliphatic heterocycles. The van der Waals surface area contributed by atoms with Crippen molar-refractivity contribution in [3.8, 4) is 28.4 Å². The van der Waals surface area contributed by atoms with E-state index >= 15 is 0 Å². The van der Waals surface area contributed by atoms with Gasteiger partial charge in [-0.15, -0.1) is 6.58 Å². The molecule has 3 aromatic rings. The van der Waals surface area contributed by atoms with Gasteiger partial charge in [-0.1, -0.05) is 88.5 Å². The fourth-order valence-electron chi connectivity index (χ4n) is 4.38. The zero-order valence-corrected chi connectivity index (χ0v) is 25.2. The van der Waals surface area contributed by atoms with Crippen LogP contribution in [0.25, 0.3) is 11.1 Å². The Bertz CT molecular complexity index is 1540. The first-order valence-electron chi connectivity index (χ1n) is 19.4. The summed E-state index contributed by atoms with van der Waals surface area (Å²) in [5.74, 6) is -1.16. The van der Waals surface area contributed by atoms with E-state index in [0.717, 1.165) is 51.4 Å². The zero-order chi connectivity index (χ0) is 36.8. The molecule has 226 valence electrons. The number of hydrogen-bond donors (Lipinski definition) is 0. The maximum absolute atomic E-state index is 13.0. The molecule has 0 aliphatic carbocycles. The fraction of sp³-hybridized carbons (Fsp3) is 0.447. The van der Waals surface area contributed by atoms with Crippen LogP contribution in [0.2, 0.25) is 0 Å². The summed E-state index contributed by atoms with van der Waals surface area (Å²) in [6, 6.07) is 1.45. The van der Waals surface area contributed by atoms with Gasteiger partial charge in [0.15, 0.2) is 0 Å². The Hall–Kier alpha value is -3.53. The summed E-state index contributed by atoms with van der Waals surface area (Å²) in [6.45, 7) is 8.20. The first-order valence-corrected chi connectivity index (χ1v) is 15.4. The molecule has 4 nitrogen and oxygen atoms in total. The van der Waals surface area contributed by atoms with Crippen molar-refractivity contribution in [2.45, 2.75) is 103 Å². The van der Waals surface area contributed by atoms with Crippen LogP contribution in [0, 0.1) is 0 Å². The van der Waals surface area contributed by atoms with Crippen molar-refractivity contribution < 1.29 is 30.0 Å². The fourth-order valence-corrected chi connectivity index (χ4v) is 4.38. The molecule has 0 aromatic heterocycles. The minimum atomic E-state index is -0.896. The molecular weight excluding hydrogens is 520 g/mol. The average molecular weight is 579 g/mol. The second-order valence-electron chi connectivity index (χ2n) is 10.5. The molecule has 0 aliphatic rings. The summed E-state index contributed by atoms with van der Waals surface area (Å²) in [4.78, 5) is 13.0.